The Labute approximate surface area is 104 Å². The fraction of sp³-hybridized carbons (Fsp3) is 0.417. The fourth-order valence-electron chi connectivity index (χ4n) is 1.40. The van der Waals surface area contributed by atoms with Crippen molar-refractivity contribution >= 4 is 21.9 Å². The van der Waals surface area contributed by atoms with Gasteiger partial charge in [0.2, 0.25) is 0 Å². The molecule has 1 rings (SSSR count). The number of aliphatic hydroxyl groups is 1. The van der Waals surface area contributed by atoms with E-state index in [9.17, 15) is 9.90 Å². The number of benzene rings is 1. The van der Waals surface area contributed by atoms with Gasteiger partial charge in [-0.3, -0.25) is 4.79 Å². The zero-order valence-corrected chi connectivity index (χ0v) is 11.0. The highest BCUT2D eigenvalue weighted by Crippen LogP contribution is 2.26. The molecule has 1 N–H and O–H groups in total. The molecular weight excluding hydrogens is 272 g/mol. The second-order valence-corrected chi connectivity index (χ2v) is 4.68. The number of carbonyl (C=O) groups is 1. The first-order chi connectivity index (χ1) is 7.45. The maximum atomic E-state index is 11.3. The normalized spacial score (nSPS) is 14.2. The minimum atomic E-state index is -1.19. The standard InChI is InChI=1S/C12H15BrO3/c1-3-16-11(14)8-12(2,15)9-4-6-10(13)7-5-9/h4-7,15H,3,8H2,1-2H3/t12-/m0/s1. The number of ether oxygens (including phenoxy) is 1. The second kappa shape index (κ2) is 5.46. The molecule has 1 aromatic carbocycles. The van der Waals surface area contributed by atoms with E-state index in [2.05, 4.69) is 15.9 Å². The van der Waals surface area contributed by atoms with Crippen molar-refractivity contribution in [2.45, 2.75) is 25.9 Å². The van der Waals surface area contributed by atoms with E-state index in [0.29, 0.717) is 12.2 Å². The summed E-state index contributed by atoms with van der Waals surface area (Å²) in [6.45, 7) is 3.68. The van der Waals surface area contributed by atoms with Crippen LogP contribution in [0.15, 0.2) is 28.7 Å². The number of rotatable bonds is 4. The van der Waals surface area contributed by atoms with E-state index in [1.54, 1.807) is 26.0 Å². The van der Waals surface area contributed by atoms with E-state index in [0.717, 1.165) is 4.47 Å². The van der Waals surface area contributed by atoms with Crippen LogP contribution in [0, 0.1) is 0 Å². The summed E-state index contributed by atoms with van der Waals surface area (Å²) in [5.74, 6) is -0.393. The SMILES string of the molecule is CCOC(=O)C[C@](C)(O)c1ccc(Br)cc1. The number of halogens is 1. The van der Waals surface area contributed by atoms with E-state index in [1.807, 2.05) is 12.1 Å². The smallest absolute Gasteiger partial charge is 0.309 e. The highest BCUT2D eigenvalue weighted by Gasteiger charge is 2.27. The molecule has 0 saturated heterocycles. The monoisotopic (exact) mass is 286 g/mol. The molecule has 0 radical (unpaired) electrons. The van der Waals surface area contributed by atoms with Crippen molar-refractivity contribution in [1.29, 1.82) is 0 Å². The lowest BCUT2D eigenvalue weighted by molar-refractivity contribution is -0.148. The minimum Gasteiger partial charge on any atom is -0.466 e. The van der Waals surface area contributed by atoms with Crippen LogP contribution in [0.1, 0.15) is 25.8 Å². The third-order valence-electron chi connectivity index (χ3n) is 2.26. The van der Waals surface area contributed by atoms with Gasteiger partial charge in [0.25, 0.3) is 0 Å². The Bertz CT molecular complexity index is 357. The third kappa shape index (κ3) is 3.61. The van der Waals surface area contributed by atoms with Crippen molar-refractivity contribution < 1.29 is 14.6 Å². The van der Waals surface area contributed by atoms with Gasteiger partial charge in [-0.1, -0.05) is 28.1 Å². The minimum absolute atomic E-state index is 0.0392. The molecule has 0 amide bonds. The predicted molar refractivity (Wildman–Crippen MR) is 65.0 cm³/mol. The number of hydrogen-bond donors (Lipinski definition) is 1. The van der Waals surface area contributed by atoms with Gasteiger partial charge in [-0.25, -0.2) is 0 Å². The average Bonchev–Trinajstić information content (AvgIpc) is 2.17. The van der Waals surface area contributed by atoms with Crippen molar-refractivity contribution in [3.63, 3.8) is 0 Å². The van der Waals surface area contributed by atoms with Crippen molar-refractivity contribution in [3.05, 3.63) is 34.3 Å². The van der Waals surface area contributed by atoms with Crippen molar-refractivity contribution in [2.24, 2.45) is 0 Å². The summed E-state index contributed by atoms with van der Waals surface area (Å²) in [6.07, 6.45) is -0.0392. The lowest BCUT2D eigenvalue weighted by atomic mass is 9.93. The van der Waals surface area contributed by atoms with Crippen LogP contribution in [0.2, 0.25) is 0 Å². The van der Waals surface area contributed by atoms with E-state index < -0.39 is 11.6 Å². The van der Waals surface area contributed by atoms with Gasteiger partial charge in [0.1, 0.15) is 0 Å². The Morgan fingerprint density at radius 2 is 2.00 bits per heavy atom. The van der Waals surface area contributed by atoms with Crippen LogP contribution in [0.5, 0.6) is 0 Å². The summed E-state index contributed by atoms with van der Waals surface area (Å²) < 4.78 is 5.75. The van der Waals surface area contributed by atoms with Crippen LogP contribution in [-0.4, -0.2) is 17.7 Å². The molecule has 3 nitrogen and oxygen atoms in total. The molecule has 0 aromatic heterocycles. The topological polar surface area (TPSA) is 46.5 Å². The first-order valence-electron chi connectivity index (χ1n) is 5.10. The molecule has 88 valence electrons. The van der Waals surface area contributed by atoms with Gasteiger partial charge < -0.3 is 9.84 Å². The van der Waals surface area contributed by atoms with Gasteiger partial charge >= 0.3 is 5.97 Å². The maximum Gasteiger partial charge on any atom is 0.309 e. The zero-order valence-electron chi connectivity index (χ0n) is 9.37. The van der Waals surface area contributed by atoms with E-state index in [1.165, 1.54) is 0 Å². The Morgan fingerprint density at radius 3 is 2.50 bits per heavy atom. The Kier molecular flexibility index (Phi) is 4.50. The highest BCUT2D eigenvalue weighted by atomic mass is 79.9. The van der Waals surface area contributed by atoms with Crippen molar-refractivity contribution in [3.8, 4) is 0 Å². The second-order valence-electron chi connectivity index (χ2n) is 3.76. The van der Waals surface area contributed by atoms with Gasteiger partial charge in [-0.2, -0.15) is 0 Å². The van der Waals surface area contributed by atoms with Gasteiger partial charge in [-0.05, 0) is 31.5 Å². The Hall–Kier alpha value is -0.870. The molecule has 0 saturated carbocycles. The zero-order chi connectivity index (χ0) is 12.2. The van der Waals surface area contributed by atoms with Gasteiger partial charge in [-0.15, -0.1) is 0 Å². The summed E-state index contributed by atoms with van der Waals surface area (Å²) in [7, 11) is 0. The van der Waals surface area contributed by atoms with Gasteiger partial charge in [0, 0.05) is 4.47 Å². The Morgan fingerprint density at radius 1 is 1.44 bits per heavy atom. The van der Waals surface area contributed by atoms with Crippen molar-refractivity contribution in [1.82, 2.24) is 0 Å². The summed E-state index contributed by atoms with van der Waals surface area (Å²) in [5.41, 5.74) is -0.490. The molecule has 1 aromatic rings. The molecule has 0 bridgehead atoms. The highest BCUT2D eigenvalue weighted by molar-refractivity contribution is 9.10. The third-order valence-corrected chi connectivity index (χ3v) is 2.79. The summed E-state index contributed by atoms with van der Waals surface area (Å²) in [5, 5.41) is 10.2. The van der Waals surface area contributed by atoms with Gasteiger partial charge in [0.05, 0.1) is 18.6 Å². The van der Waals surface area contributed by atoms with E-state index >= 15 is 0 Å². The summed E-state index contributed by atoms with van der Waals surface area (Å²) >= 11 is 3.31. The summed E-state index contributed by atoms with van der Waals surface area (Å²) in [4.78, 5) is 11.3. The molecular formula is C12H15BrO3. The fourth-order valence-corrected chi connectivity index (χ4v) is 1.67. The van der Waals surface area contributed by atoms with Crippen LogP contribution in [0.4, 0.5) is 0 Å². The van der Waals surface area contributed by atoms with Crippen LogP contribution in [0.3, 0.4) is 0 Å². The molecule has 0 aliphatic rings. The largest absolute Gasteiger partial charge is 0.466 e. The van der Waals surface area contributed by atoms with Crippen LogP contribution in [-0.2, 0) is 15.1 Å². The summed E-state index contributed by atoms with van der Waals surface area (Å²) in [6, 6.07) is 7.22. The molecule has 0 aliphatic heterocycles. The lowest BCUT2D eigenvalue weighted by Gasteiger charge is -2.22. The average molecular weight is 287 g/mol. The Balaban J connectivity index is 2.76. The quantitative estimate of drug-likeness (QED) is 0.866. The molecule has 0 fully saturated rings. The first kappa shape index (κ1) is 13.2. The maximum absolute atomic E-state index is 11.3. The van der Waals surface area contributed by atoms with Crippen LogP contribution < -0.4 is 0 Å². The van der Waals surface area contributed by atoms with E-state index in [4.69, 9.17) is 4.74 Å². The molecule has 0 heterocycles. The molecule has 4 heteroatoms. The van der Waals surface area contributed by atoms with E-state index in [-0.39, 0.29) is 6.42 Å². The van der Waals surface area contributed by atoms with Gasteiger partial charge in [0.15, 0.2) is 0 Å². The van der Waals surface area contributed by atoms with Crippen LogP contribution >= 0.6 is 15.9 Å². The number of esters is 1. The number of carbonyl (C=O) groups excluding carboxylic acids is 1. The lowest BCUT2D eigenvalue weighted by Crippen LogP contribution is -2.26. The van der Waals surface area contributed by atoms with Crippen LogP contribution in [0.25, 0.3) is 0 Å². The first-order valence-corrected chi connectivity index (χ1v) is 5.89. The molecule has 1 atom stereocenters. The number of hydrogen-bond acceptors (Lipinski definition) is 3. The molecule has 0 spiro atoms. The van der Waals surface area contributed by atoms with Crippen molar-refractivity contribution in [2.75, 3.05) is 6.61 Å². The predicted octanol–water partition coefficient (Wildman–Crippen LogP) is 2.61. The molecule has 16 heavy (non-hydrogen) atoms. The molecule has 0 unspecified atom stereocenters. The molecule has 0 aliphatic carbocycles.